The lowest BCUT2D eigenvalue weighted by atomic mass is 9.99. The van der Waals surface area contributed by atoms with E-state index >= 15 is 0 Å². The smallest absolute Gasteiger partial charge is 0.416 e. The molecule has 0 spiro atoms. The maximum Gasteiger partial charge on any atom is 0.416 e. The van der Waals surface area contributed by atoms with Crippen LogP contribution in [0.15, 0.2) is 42.5 Å². The summed E-state index contributed by atoms with van der Waals surface area (Å²) in [7, 11) is 0. The summed E-state index contributed by atoms with van der Waals surface area (Å²) in [6.07, 6.45) is -4.55. The lowest BCUT2D eigenvalue weighted by Crippen LogP contribution is -2.07. The number of carbonyl (C=O) groups excluding carboxylic acids is 3. The Morgan fingerprint density at radius 2 is 1.50 bits per heavy atom. The van der Waals surface area contributed by atoms with Gasteiger partial charge in [-0.15, -0.1) is 0 Å². The van der Waals surface area contributed by atoms with Gasteiger partial charge in [0.25, 0.3) is 0 Å². The standard InChI is InChI=1S/C20H14F3NO4/c1-10(25)13-5-8-16-15(9-13)17(19(28)24(16)11(2)26)18(27)12-3-6-14(7-4-12)20(21,22)23/h3-9,28H,1-2H3. The van der Waals surface area contributed by atoms with Crippen molar-refractivity contribution in [2.75, 3.05) is 0 Å². The molecule has 0 saturated carbocycles. The molecule has 0 saturated heterocycles. The average molecular weight is 389 g/mol. The zero-order chi connectivity index (χ0) is 20.8. The highest BCUT2D eigenvalue weighted by Gasteiger charge is 2.31. The number of ketones is 2. The van der Waals surface area contributed by atoms with Crippen molar-refractivity contribution in [2.45, 2.75) is 20.0 Å². The first-order valence-corrected chi connectivity index (χ1v) is 8.13. The van der Waals surface area contributed by atoms with Crippen LogP contribution in [0.25, 0.3) is 10.9 Å². The largest absolute Gasteiger partial charge is 0.494 e. The molecule has 5 nitrogen and oxygen atoms in total. The van der Waals surface area contributed by atoms with Crippen molar-refractivity contribution in [3.63, 3.8) is 0 Å². The molecule has 1 N–H and O–H groups in total. The van der Waals surface area contributed by atoms with Gasteiger partial charge in [-0.25, -0.2) is 0 Å². The molecule has 144 valence electrons. The summed E-state index contributed by atoms with van der Waals surface area (Å²) in [6.45, 7) is 2.50. The summed E-state index contributed by atoms with van der Waals surface area (Å²) < 4.78 is 39.1. The quantitative estimate of drug-likeness (QED) is 0.671. The molecular weight excluding hydrogens is 375 g/mol. The zero-order valence-electron chi connectivity index (χ0n) is 14.8. The van der Waals surface area contributed by atoms with E-state index in [0.29, 0.717) is 0 Å². The van der Waals surface area contributed by atoms with Crippen molar-refractivity contribution < 1.29 is 32.7 Å². The highest BCUT2D eigenvalue weighted by molar-refractivity contribution is 6.20. The van der Waals surface area contributed by atoms with Crippen LogP contribution in [0.4, 0.5) is 13.2 Å². The molecule has 1 aromatic heterocycles. The van der Waals surface area contributed by atoms with E-state index in [4.69, 9.17) is 0 Å². The first-order valence-electron chi connectivity index (χ1n) is 8.13. The minimum atomic E-state index is -4.55. The molecule has 28 heavy (non-hydrogen) atoms. The minimum Gasteiger partial charge on any atom is -0.494 e. The Morgan fingerprint density at radius 1 is 0.929 bits per heavy atom. The Hall–Kier alpha value is -3.42. The normalized spacial score (nSPS) is 11.6. The van der Waals surface area contributed by atoms with Crippen LogP contribution in [0.3, 0.4) is 0 Å². The van der Waals surface area contributed by atoms with E-state index in [1.54, 1.807) is 0 Å². The van der Waals surface area contributed by atoms with Crippen LogP contribution in [0.5, 0.6) is 5.88 Å². The molecule has 0 aliphatic carbocycles. The van der Waals surface area contributed by atoms with E-state index in [9.17, 15) is 32.7 Å². The molecule has 3 rings (SSSR count). The van der Waals surface area contributed by atoms with Crippen LogP contribution in [0, 0.1) is 0 Å². The van der Waals surface area contributed by atoms with E-state index in [1.807, 2.05) is 0 Å². The van der Waals surface area contributed by atoms with Gasteiger partial charge in [-0.05, 0) is 37.3 Å². The van der Waals surface area contributed by atoms with Gasteiger partial charge in [0, 0.05) is 23.4 Å². The number of hydrogen-bond acceptors (Lipinski definition) is 4. The van der Waals surface area contributed by atoms with Gasteiger partial charge in [0.05, 0.1) is 16.6 Å². The van der Waals surface area contributed by atoms with Gasteiger partial charge in [-0.3, -0.25) is 19.0 Å². The number of Topliss-reactive ketones (excluding diaryl/α,β-unsaturated/α-hetero) is 1. The molecule has 0 fully saturated rings. The Bertz CT molecular complexity index is 1130. The molecule has 2 aromatic carbocycles. The lowest BCUT2D eigenvalue weighted by molar-refractivity contribution is -0.137. The van der Waals surface area contributed by atoms with Crippen LogP contribution in [-0.2, 0) is 6.18 Å². The molecule has 0 amide bonds. The van der Waals surface area contributed by atoms with Crippen LogP contribution in [-0.4, -0.2) is 27.1 Å². The molecular formula is C20H14F3NO4. The van der Waals surface area contributed by atoms with Crippen molar-refractivity contribution in [2.24, 2.45) is 0 Å². The highest BCUT2D eigenvalue weighted by Crippen LogP contribution is 2.35. The number of hydrogen-bond donors (Lipinski definition) is 1. The minimum absolute atomic E-state index is 0.0980. The van der Waals surface area contributed by atoms with Crippen molar-refractivity contribution in [1.29, 1.82) is 0 Å². The van der Waals surface area contributed by atoms with Gasteiger partial charge in [0.15, 0.2) is 11.6 Å². The average Bonchev–Trinajstić information content (AvgIpc) is 2.91. The second-order valence-electron chi connectivity index (χ2n) is 6.25. The predicted molar refractivity (Wildman–Crippen MR) is 94.8 cm³/mol. The second-order valence-corrected chi connectivity index (χ2v) is 6.25. The summed E-state index contributed by atoms with van der Waals surface area (Å²) in [6, 6.07) is 7.76. The maximum atomic E-state index is 12.9. The summed E-state index contributed by atoms with van der Waals surface area (Å²) in [5.41, 5.74) is -0.801. The summed E-state index contributed by atoms with van der Waals surface area (Å²) in [5.74, 6) is -2.25. The number of halogens is 3. The monoisotopic (exact) mass is 389 g/mol. The Labute approximate surface area is 157 Å². The van der Waals surface area contributed by atoms with Gasteiger partial charge < -0.3 is 5.11 Å². The molecule has 0 bridgehead atoms. The Balaban J connectivity index is 2.22. The van der Waals surface area contributed by atoms with Crippen LogP contribution >= 0.6 is 0 Å². The molecule has 0 radical (unpaired) electrons. The van der Waals surface area contributed by atoms with E-state index in [-0.39, 0.29) is 33.4 Å². The molecule has 0 atom stereocenters. The number of aromatic hydroxyl groups is 1. The van der Waals surface area contributed by atoms with Crippen LogP contribution in [0.1, 0.15) is 50.5 Å². The Kier molecular flexibility index (Phi) is 4.58. The molecule has 3 aromatic rings. The highest BCUT2D eigenvalue weighted by atomic mass is 19.4. The molecule has 1 heterocycles. The van der Waals surface area contributed by atoms with Crippen LogP contribution < -0.4 is 0 Å². The van der Waals surface area contributed by atoms with Crippen molar-refractivity contribution >= 4 is 28.4 Å². The topological polar surface area (TPSA) is 76.4 Å². The molecule has 0 aliphatic rings. The summed E-state index contributed by atoms with van der Waals surface area (Å²) in [5, 5.41) is 10.6. The predicted octanol–water partition coefficient (Wildman–Crippen LogP) is 4.46. The van der Waals surface area contributed by atoms with Gasteiger partial charge in [-0.1, -0.05) is 12.1 Å². The number of carbonyl (C=O) groups is 3. The second kappa shape index (κ2) is 6.63. The zero-order valence-corrected chi connectivity index (χ0v) is 14.8. The van der Waals surface area contributed by atoms with Crippen molar-refractivity contribution in [3.8, 4) is 5.88 Å². The number of benzene rings is 2. The van der Waals surface area contributed by atoms with Gasteiger partial charge in [0.2, 0.25) is 11.8 Å². The van der Waals surface area contributed by atoms with E-state index in [0.717, 1.165) is 28.8 Å². The molecule has 8 heteroatoms. The number of rotatable bonds is 3. The molecule has 0 aliphatic heterocycles. The summed E-state index contributed by atoms with van der Waals surface area (Å²) >= 11 is 0. The van der Waals surface area contributed by atoms with Crippen LogP contribution in [0.2, 0.25) is 0 Å². The fourth-order valence-corrected chi connectivity index (χ4v) is 2.99. The van der Waals surface area contributed by atoms with Gasteiger partial charge in [-0.2, -0.15) is 13.2 Å². The number of fused-ring (bicyclic) bond motifs is 1. The SMILES string of the molecule is CC(=O)c1ccc2c(c1)c(C(=O)c1ccc(C(F)(F)F)cc1)c(O)n2C(C)=O. The van der Waals surface area contributed by atoms with Crippen molar-refractivity contribution in [1.82, 2.24) is 4.57 Å². The van der Waals surface area contributed by atoms with Gasteiger partial charge >= 0.3 is 6.18 Å². The number of aromatic nitrogens is 1. The third-order valence-electron chi connectivity index (χ3n) is 4.37. The van der Waals surface area contributed by atoms with E-state index in [1.165, 1.54) is 32.0 Å². The summed E-state index contributed by atoms with van der Waals surface area (Å²) in [4.78, 5) is 36.5. The first-order chi connectivity index (χ1) is 13.0. The number of alkyl halides is 3. The third-order valence-corrected chi connectivity index (χ3v) is 4.37. The van der Waals surface area contributed by atoms with Crippen molar-refractivity contribution in [3.05, 3.63) is 64.7 Å². The van der Waals surface area contributed by atoms with E-state index < -0.39 is 29.3 Å². The van der Waals surface area contributed by atoms with E-state index in [2.05, 4.69) is 0 Å². The Morgan fingerprint density at radius 3 is 2.00 bits per heavy atom. The fraction of sp³-hybridized carbons (Fsp3) is 0.150. The van der Waals surface area contributed by atoms with Gasteiger partial charge in [0.1, 0.15) is 0 Å². The molecule has 0 unspecified atom stereocenters. The maximum absolute atomic E-state index is 12.9. The lowest BCUT2D eigenvalue weighted by Gasteiger charge is -2.07. The first kappa shape index (κ1) is 19.3. The number of nitrogens with zero attached hydrogens (tertiary/aromatic N) is 1. The fourth-order valence-electron chi connectivity index (χ4n) is 2.99. The third kappa shape index (κ3) is 3.17.